The van der Waals surface area contributed by atoms with Crippen LogP contribution in [-0.4, -0.2) is 29.1 Å². The molecular weight excluding hydrogens is 434 g/mol. The molecule has 0 spiro atoms. The van der Waals surface area contributed by atoms with E-state index >= 15 is 0 Å². The van der Waals surface area contributed by atoms with Crippen molar-refractivity contribution in [1.29, 1.82) is 0 Å². The SMILES string of the molecule is CCCC(NC(=O)C1CC(=O)NCC1C(=O)CC(C)(C)C)c1ccc(-c2scnc2C)cc1. The highest BCUT2D eigenvalue weighted by Crippen LogP contribution is 2.31. The number of Topliss-reactive ketones (excluding diaryl/α,β-unsaturated/α-hetero) is 1. The Bertz CT molecular complexity index is 991. The normalized spacial score (nSPS) is 19.6. The van der Waals surface area contributed by atoms with Crippen LogP contribution in [0.5, 0.6) is 0 Å². The molecule has 1 aromatic heterocycles. The first-order chi connectivity index (χ1) is 15.6. The van der Waals surface area contributed by atoms with Crippen molar-refractivity contribution in [3.05, 3.63) is 41.0 Å². The van der Waals surface area contributed by atoms with Gasteiger partial charge in [-0.25, -0.2) is 4.98 Å². The average Bonchev–Trinajstić information content (AvgIpc) is 3.18. The van der Waals surface area contributed by atoms with Gasteiger partial charge in [-0.1, -0.05) is 58.4 Å². The number of benzene rings is 1. The number of aryl methyl sites for hydroxylation is 1. The van der Waals surface area contributed by atoms with Gasteiger partial charge < -0.3 is 10.6 Å². The van der Waals surface area contributed by atoms with E-state index in [-0.39, 0.29) is 42.0 Å². The molecular formula is C26H35N3O3S. The highest BCUT2D eigenvalue weighted by Gasteiger charge is 2.40. The molecule has 3 unspecified atom stereocenters. The molecule has 1 aromatic carbocycles. The summed E-state index contributed by atoms with van der Waals surface area (Å²) < 4.78 is 0. The third-order valence-corrected chi connectivity index (χ3v) is 7.06. The standard InChI is InChI=1S/C26H35N3O3S/c1-6-7-21(17-8-10-18(11-9-17)24-16(2)28-15-33-24)29-25(32)19-12-23(31)27-14-20(19)22(30)13-26(3,4)5/h8-11,15,19-21H,6-7,12-14H2,1-5H3,(H,27,31)(H,29,32). The van der Waals surface area contributed by atoms with E-state index in [9.17, 15) is 14.4 Å². The quantitative estimate of drug-likeness (QED) is 0.579. The van der Waals surface area contributed by atoms with E-state index < -0.39 is 11.8 Å². The molecule has 2 heterocycles. The zero-order valence-electron chi connectivity index (χ0n) is 20.2. The fraction of sp³-hybridized carbons (Fsp3) is 0.538. The number of piperidine rings is 1. The zero-order chi connectivity index (χ0) is 24.2. The van der Waals surface area contributed by atoms with Crippen molar-refractivity contribution in [2.45, 2.75) is 66.3 Å². The van der Waals surface area contributed by atoms with Crippen molar-refractivity contribution in [1.82, 2.24) is 15.6 Å². The maximum absolute atomic E-state index is 13.3. The first-order valence-corrected chi connectivity index (χ1v) is 12.6. The number of nitrogens with zero attached hydrogens (tertiary/aromatic N) is 1. The van der Waals surface area contributed by atoms with E-state index in [1.165, 1.54) is 0 Å². The number of hydrogen-bond acceptors (Lipinski definition) is 5. The summed E-state index contributed by atoms with van der Waals surface area (Å²) in [5.41, 5.74) is 4.82. The van der Waals surface area contributed by atoms with Crippen molar-refractivity contribution < 1.29 is 14.4 Å². The maximum atomic E-state index is 13.3. The first-order valence-electron chi connectivity index (χ1n) is 11.7. The lowest BCUT2D eigenvalue weighted by atomic mass is 9.77. The predicted molar refractivity (Wildman–Crippen MR) is 132 cm³/mol. The number of aromatic nitrogens is 1. The lowest BCUT2D eigenvalue weighted by molar-refractivity contribution is -0.140. The second-order valence-electron chi connectivity index (χ2n) is 10.2. The molecule has 3 atom stereocenters. The van der Waals surface area contributed by atoms with Gasteiger partial charge in [0.2, 0.25) is 11.8 Å². The van der Waals surface area contributed by atoms with Crippen LogP contribution in [0.3, 0.4) is 0 Å². The van der Waals surface area contributed by atoms with Crippen molar-refractivity contribution in [3.63, 3.8) is 0 Å². The van der Waals surface area contributed by atoms with Crippen LogP contribution in [0.25, 0.3) is 10.4 Å². The minimum Gasteiger partial charge on any atom is -0.355 e. The monoisotopic (exact) mass is 469 g/mol. The molecule has 3 rings (SSSR count). The summed E-state index contributed by atoms with van der Waals surface area (Å²) in [7, 11) is 0. The summed E-state index contributed by atoms with van der Waals surface area (Å²) in [4.78, 5) is 43.8. The van der Waals surface area contributed by atoms with Gasteiger partial charge in [0.15, 0.2) is 0 Å². The molecule has 0 aliphatic carbocycles. The van der Waals surface area contributed by atoms with E-state index in [4.69, 9.17) is 0 Å². The highest BCUT2D eigenvalue weighted by atomic mass is 32.1. The average molecular weight is 470 g/mol. The Labute approximate surface area is 200 Å². The Kier molecular flexibility index (Phi) is 8.05. The van der Waals surface area contributed by atoms with Crippen LogP contribution < -0.4 is 10.6 Å². The maximum Gasteiger partial charge on any atom is 0.224 e. The number of hydrogen-bond donors (Lipinski definition) is 2. The highest BCUT2D eigenvalue weighted by molar-refractivity contribution is 7.13. The molecule has 1 aliphatic heterocycles. The van der Waals surface area contributed by atoms with Crippen LogP contribution in [0.2, 0.25) is 0 Å². The molecule has 1 aliphatic rings. The number of carbonyl (C=O) groups is 3. The van der Waals surface area contributed by atoms with Crippen LogP contribution in [-0.2, 0) is 14.4 Å². The van der Waals surface area contributed by atoms with E-state index in [1.807, 2.05) is 45.3 Å². The molecule has 1 saturated heterocycles. The van der Waals surface area contributed by atoms with Crippen molar-refractivity contribution in [2.75, 3.05) is 6.54 Å². The van der Waals surface area contributed by atoms with E-state index in [0.29, 0.717) is 6.42 Å². The van der Waals surface area contributed by atoms with Gasteiger partial charge >= 0.3 is 0 Å². The van der Waals surface area contributed by atoms with Gasteiger partial charge in [-0.3, -0.25) is 14.4 Å². The van der Waals surface area contributed by atoms with Crippen LogP contribution >= 0.6 is 11.3 Å². The minimum atomic E-state index is -0.632. The summed E-state index contributed by atoms with van der Waals surface area (Å²) in [6, 6.07) is 8.06. The van der Waals surface area contributed by atoms with Crippen LogP contribution in [0.15, 0.2) is 29.8 Å². The molecule has 6 nitrogen and oxygen atoms in total. The van der Waals surface area contributed by atoms with Crippen LogP contribution in [0.4, 0.5) is 0 Å². The van der Waals surface area contributed by atoms with E-state index in [0.717, 1.165) is 34.5 Å². The lowest BCUT2D eigenvalue weighted by Crippen LogP contribution is -2.50. The second-order valence-corrected chi connectivity index (χ2v) is 11.0. The Morgan fingerprint density at radius 1 is 1.21 bits per heavy atom. The molecule has 178 valence electrons. The largest absolute Gasteiger partial charge is 0.355 e. The molecule has 2 N–H and O–H groups in total. The van der Waals surface area contributed by atoms with Crippen molar-refractivity contribution >= 4 is 28.9 Å². The molecule has 0 bridgehead atoms. The zero-order valence-corrected chi connectivity index (χ0v) is 21.1. The molecule has 33 heavy (non-hydrogen) atoms. The predicted octanol–water partition coefficient (Wildman–Crippen LogP) is 4.83. The fourth-order valence-corrected chi connectivity index (χ4v) is 5.19. The lowest BCUT2D eigenvalue weighted by Gasteiger charge is -2.32. The Hall–Kier alpha value is -2.54. The number of rotatable bonds is 8. The molecule has 2 aromatic rings. The summed E-state index contributed by atoms with van der Waals surface area (Å²) in [6.07, 6.45) is 2.12. The van der Waals surface area contributed by atoms with Gasteiger partial charge in [-0.05, 0) is 29.9 Å². The van der Waals surface area contributed by atoms with E-state index in [1.54, 1.807) is 11.3 Å². The van der Waals surface area contributed by atoms with E-state index in [2.05, 4.69) is 34.7 Å². The molecule has 1 fully saturated rings. The Balaban J connectivity index is 1.77. The number of nitrogens with one attached hydrogen (secondary N) is 2. The van der Waals surface area contributed by atoms with Crippen molar-refractivity contribution in [2.24, 2.45) is 17.3 Å². The van der Waals surface area contributed by atoms with Crippen molar-refractivity contribution in [3.8, 4) is 10.4 Å². The minimum absolute atomic E-state index is 0.0407. The van der Waals surface area contributed by atoms with Gasteiger partial charge in [0.1, 0.15) is 5.78 Å². The summed E-state index contributed by atoms with van der Waals surface area (Å²) >= 11 is 1.61. The van der Waals surface area contributed by atoms with Crippen LogP contribution in [0, 0.1) is 24.2 Å². The van der Waals surface area contributed by atoms with Gasteiger partial charge in [0.25, 0.3) is 0 Å². The van der Waals surface area contributed by atoms with Gasteiger partial charge in [-0.15, -0.1) is 11.3 Å². The summed E-state index contributed by atoms with van der Waals surface area (Å²) in [6.45, 7) is 10.3. The number of thiazole rings is 1. The summed E-state index contributed by atoms with van der Waals surface area (Å²) in [5.74, 6) is -1.46. The van der Waals surface area contributed by atoms with Gasteiger partial charge in [-0.2, -0.15) is 0 Å². The Morgan fingerprint density at radius 2 is 1.91 bits per heavy atom. The third kappa shape index (κ3) is 6.50. The molecule has 0 saturated carbocycles. The Morgan fingerprint density at radius 3 is 2.48 bits per heavy atom. The number of ketones is 1. The molecule has 7 heteroatoms. The van der Waals surface area contributed by atoms with Crippen LogP contribution in [0.1, 0.15) is 70.7 Å². The second kappa shape index (κ2) is 10.6. The topological polar surface area (TPSA) is 88.2 Å². The first kappa shape index (κ1) is 25.1. The number of carbonyl (C=O) groups excluding carboxylic acids is 3. The third-order valence-electron chi connectivity index (χ3n) is 6.08. The molecule has 0 radical (unpaired) electrons. The van der Waals surface area contributed by atoms with Gasteiger partial charge in [0, 0.05) is 25.3 Å². The fourth-order valence-electron chi connectivity index (χ4n) is 4.38. The molecule has 2 amide bonds. The summed E-state index contributed by atoms with van der Waals surface area (Å²) in [5, 5.41) is 5.93. The van der Waals surface area contributed by atoms with Gasteiger partial charge in [0.05, 0.1) is 28.0 Å². The number of amides is 2. The smallest absolute Gasteiger partial charge is 0.224 e.